The molecule has 0 fully saturated rings. The van der Waals surface area contributed by atoms with Crippen molar-refractivity contribution in [3.05, 3.63) is 48.0 Å². The first-order chi connectivity index (χ1) is 14.2. The summed E-state index contributed by atoms with van der Waals surface area (Å²) in [6.45, 7) is 3.03. The fourth-order valence-electron chi connectivity index (χ4n) is 2.92. The number of rotatable bonds is 7. The molecule has 30 heavy (non-hydrogen) atoms. The molecule has 0 aliphatic carbocycles. The van der Waals surface area contributed by atoms with Gasteiger partial charge in [-0.25, -0.2) is 0 Å². The summed E-state index contributed by atoms with van der Waals surface area (Å²) in [5.74, 6) is 0.433. The van der Waals surface area contributed by atoms with E-state index in [0.717, 1.165) is 18.6 Å². The lowest BCUT2D eigenvalue weighted by Crippen LogP contribution is -2.39. The van der Waals surface area contributed by atoms with Crippen LogP contribution in [0.2, 0.25) is 0 Å². The number of halogens is 3. The Balaban J connectivity index is 1.59. The zero-order chi connectivity index (χ0) is 21.7. The summed E-state index contributed by atoms with van der Waals surface area (Å²) in [4.78, 5) is 25.9. The average molecular weight is 472 g/mol. The molecule has 6 nitrogen and oxygen atoms in total. The molecular formula is C21H21Cl3N2O4. The van der Waals surface area contributed by atoms with Crippen molar-refractivity contribution in [1.29, 1.82) is 0 Å². The molecule has 1 aliphatic heterocycles. The summed E-state index contributed by atoms with van der Waals surface area (Å²) in [5.41, 5.74) is 2.14. The Morgan fingerprint density at radius 1 is 1.17 bits per heavy atom. The Kier molecular flexibility index (Phi) is 7.34. The second-order valence-corrected chi connectivity index (χ2v) is 9.12. The topological polar surface area (TPSA) is 67.9 Å². The van der Waals surface area contributed by atoms with Crippen LogP contribution < -0.4 is 19.7 Å². The monoisotopic (exact) mass is 470 g/mol. The van der Waals surface area contributed by atoms with Crippen LogP contribution in [0.15, 0.2) is 42.5 Å². The number of anilines is 2. The molecule has 1 aliphatic rings. The van der Waals surface area contributed by atoms with Crippen LogP contribution in [0.3, 0.4) is 0 Å². The van der Waals surface area contributed by atoms with Gasteiger partial charge in [0.25, 0.3) is 15.6 Å². The quantitative estimate of drug-likeness (QED) is 0.461. The van der Waals surface area contributed by atoms with Crippen LogP contribution in [0, 0.1) is 6.92 Å². The summed E-state index contributed by atoms with van der Waals surface area (Å²) in [6, 6.07) is 12.8. The second-order valence-electron chi connectivity index (χ2n) is 6.84. The molecule has 0 aromatic heterocycles. The smallest absolute Gasteiger partial charge is 0.276 e. The largest absolute Gasteiger partial charge is 0.494 e. The third-order valence-electron chi connectivity index (χ3n) is 4.48. The molecule has 9 heteroatoms. The number of unbranched alkanes of at least 4 members (excludes halogenated alkanes) is 1. The number of alkyl halides is 3. The first-order valence-corrected chi connectivity index (χ1v) is 10.5. The van der Waals surface area contributed by atoms with Gasteiger partial charge in [-0.05, 0) is 50.1 Å². The molecule has 1 heterocycles. The highest BCUT2D eigenvalue weighted by Gasteiger charge is 2.31. The molecule has 160 valence electrons. The van der Waals surface area contributed by atoms with Gasteiger partial charge in [0.2, 0.25) is 0 Å². The number of carbonyl (C=O) groups excluding carboxylic acids is 2. The molecule has 0 radical (unpaired) electrons. The van der Waals surface area contributed by atoms with Gasteiger partial charge in [-0.15, -0.1) is 0 Å². The first-order valence-electron chi connectivity index (χ1n) is 9.39. The van der Waals surface area contributed by atoms with Crippen LogP contribution in [0.4, 0.5) is 11.4 Å². The number of nitrogens with one attached hydrogen (secondary N) is 1. The van der Waals surface area contributed by atoms with E-state index in [0.29, 0.717) is 30.3 Å². The van der Waals surface area contributed by atoms with Gasteiger partial charge in [0.15, 0.2) is 6.61 Å². The van der Waals surface area contributed by atoms with Crippen molar-refractivity contribution in [2.24, 2.45) is 0 Å². The SMILES string of the molecule is Cc1ccc(OCCCCN2C(=O)COc3ccc(NC(=O)C(Cl)(Cl)Cl)cc32)cc1. The maximum Gasteiger partial charge on any atom is 0.276 e. The van der Waals surface area contributed by atoms with Gasteiger partial charge < -0.3 is 19.7 Å². The summed E-state index contributed by atoms with van der Waals surface area (Å²) in [5, 5.41) is 2.52. The van der Waals surface area contributed by atoms with Crippen LogP contribution in [0.1, 0.15) is 18.4 Å². The van der Waals surface area contributed by atoms with Crippen LogP contribution in [0.5, 0.6) is 11.5 Å². The standard InChI is InChI=1S/C21H21Cl3N2O4/c1-14-4-7-16(8-5-14)29-11-3-2-10-26-17-12-15(25-20(28)21(22,23)24)6-9-18(17)30-13-19(26)27/h4-9,12H,2-3,10-11,13H2,1H3,(H,25,28). The molecule has 1 N–H and O–H groups in total. The molecule has 2 aromatic rings. The lowest BCUT2D eigenvalue weighted by atomic mass is 10.2. The molecule has 3 rings (SSSR count). The zero-order valence-electron chi connectivity index (χ0n) is 16.3. The minimum atomic E-state index is -2.08. The Labute approximate surface area is 190 Å². The van der Waals surface area contributed by atoms with E-state index in [-0.39, 0.29) is 12.5 Å². The second kappa shape index (κ2) is 9.77. The van der Waals surface area contributed by atoms with Crippen molar-refractivity contribution >= 4 is 58.0 Å². The van der Waals surface area contributed by atoms with Crippen LogP contribution >= 0.6 is 34.8 Å². The Bertz CT molecular complexity index is 913. The number of ether oxygens (including phenoxy) is 2. The fraction of sp³-hybridized carbons (Fsp3) is 0.333. The Morgan fingerprint density at radius 2 is 1.90 bits per heavy atom. The van der Waals surface area contributed by atoms with Gasteiger partial charge in [0, 0.05) is 12.2 Å². The predicted molar refractivity (Wildman–Crippen MR) is 119 cm³/mol. The molecule has 0 atom stereocenters. The molecule has 2 aromatic carbocycles. The van der Waals surface area contributed by atoms with Crippen LogP contribution in [0.25, 0.3) is 0 Å². The van der Waals surface area contributed by atoms with Gasteiger partial charge in [-0.1, -0.05) is 52.5 Å². The van der Waals surface area contributed by atoms with Crippen molar-refractivity contribution in [3.63, 3.8) is 0 Å². The highest BCUT2D eigenvalue weighted by Crippen LogP contribution is 2.36. The normalized spacial score (nSPS) is 13.5. The zero-order valence-corrected chi connectivity index (χ0v) is 18.6. The minimum absolute atomic E-state index is 0.0350. The lowest BCUT2D eigenvalue weighted by Gasteiger charge is -2.30. The highest BCUT2D eigenvalue weighted by molar-refractivity contribution is 6.76. The molecule has 0 bridgehead atoms. The summed E-state index contributed by atoms with van der Waals surface area (Å²) in [6.07, 6.45) is 1.51. The van der Waals surface area contributed by atoms with Crippen molar-refractivity contribution < 1.29 is 19.1 Å². The molecule has 0 saturated heterocycles. The lowest BCUT2D eigenvalue weighted by molar-refractivity contribution is -0.121. The van der Waals surface area contributed by atoms with E-state index in [1.54, 1.807) is 23.1 Å². The van der Waals surface area contributed by atoms with E-state index in [1.165, 1.54) is 5.56 Å². The summed E-state index contributed by atoms with van der Waals surface area (Å²) in [7, 11) is 0. The number of benzene rings is 2. The van der Waals surface area contributed by atoms with Crippen molar-refractivity contribution in [2.45, 2.75) is 23.6 Å². The van der Waals surface area contributed by atoms with Gasteiger partial charge >= 0.3 is 0 Å². The highest BCUT2D eigenvalue weighted by atomic mass is 35.6. The van der Waals surface area contributed by atoms with Crippen LogP contribution in [-0.2, 0) is 9.59 Å². The van der Waals surface area contributed by atoms with Gasteiger partial charge in [0.1, 0.15) is 11.5 Å². The summed E-state index contributed by atoms with van der Waals surface area (Å²) >= 11 is 16.8. The van der Waals surface area contributed by atoms with E-state index in [2.05, 4.69) is 5.32 Å². The van der Waals surface area contributed by atoms with Gasteiger partial charge in [0.05, 0.1) is 12.3 Å². The van der Waals surface area contributed by atoms with E-state index in [1.807, 2.05) is 31.2 Å². The van der Waals surface area contributed by atoms with E-state index in [4.69, 9.17) is 44.3 Å². The van der Waals surface area contributed by atoms with E-state index >= 15 is 0 Å². The number of amides is 2. The molecule has 2 amide bonds. The number of hydrogen-bond acceptors (Lipinski definition) is 4. The minimum Gasteiger partial charge on any atom is -0.494 e. The number of aryl methyl sites for hydroxylation is 1. The third-order valence-corrected chi connectivity index (χ3v) is 5.00. The maximum absolute atomic E-state index is 12.4. The van der Waals surface area contributed by atoms with E-state index < -0.39 is 9.70 Å². The summed E-state index contributed by atoms with van der Waals surface area (Å²) < 4.78 is 9.13. The molecule has 0 unspecified atom stereocenters. The third kappa shape index (κ3) is 5.94. The molecule has 0 spiro atoms. The van der Waals surface area contributed by atoms with Crippen molar-refractivity contribution in [2.75, 3.05) is 30.0 Å². The van der Waals surface area contributed by atoms with Crippen LogP contribution in [-0.4, -0.2) is 35.4 Å². The van der Waals surface area contributed by atoms with Crippen molar-refractivity contribution in [3.8, 4) is 11.5 Å². The number of carbonyl (C=O) groups is 2. The van der Waals surface area contributed by atoms with Crippen molar-refractivity contribution in [1.82, 2.24) is 0 Å². The van der Waals surface area contributed by atoms with E-state index in [9.17, 15) is 9.59 Å². The Morgan fingerprint density at radius 3 is 2.60 bits per heavy atom. The molecule has 0 saturated carbocycles. The number of nitrogens with zero attached hydrogens (tertiary/aromatic N) is 1. The Hall–Kier alpha value is -2.15. The van der Waals surface area contributed by atoms with Gasteiger partial charge in [-0.2, -0.15) is 0 Å². The average Bonchev–Trinajstić information content (AvgIpc) is 2.70. The van der Waals surface area contributed by atoms with Gasteiger partial charge in [-0.3, -0.25) is 9.59 Å². The predicted octanol–water partition coefficient (Wildman–Crippen LogP) is 4.89. The fourth-order valence-corrected chi connectivity index (χ4v) is 3.07. The maximum atomic E-state index is 12.4. The number of hydrogen-bond donors (Lipinski definition) is 1. The first kappa shape index (κ1) is 22.5. The molecular weight excluding hydrogens is 451 g/mol. The number of fused-ring (bicyclic) bond motifs is 1.